The molecule has 2 aromatic carbocycles. The number of rotatable bonds is 8. The number of hydrogen-bond acceptors (Lipinski definition) is 5. The molecule has 0 bridgehead atoms. The minimum Gasteiger partial charge on any atom is -0.760 e. The first kappa shape index (κ1) is 22.0. The third kappa shape index (κ3) is 5.29. The number of benzene rings is 2. The van der Waals surface area contributed by atoms with E-state index in [4.69, 9.17) is 8.84 Å². The highest BCUT2D eigenvalue weighted by Crippen LogP contribution is 2.49. The Hall–Kier alpha value is -1.65. The molecule has 0 spiro atoms. The lowest BCUT2D eigenvalue weighted by Crippen LogP contribution is -2.29. The van der Waals surface area contributed by atoms with Crippen LogP contribution < -0.4 is 9.15 Å². The second-order valence-corrected chi connectivity index (χ2v) is 13.9. The molecule has 2 atom stereocenters. The molecule has 156 valence electrons. The quantitative estimate of drug-likeness (QED) is 0.253. The van der Waals surface area contributed by atoms with Crippen molar-refractivity contribution in [1.82, 2.24) is 4.72 Å². The van der Waals surface area contributed by atoms with Gasteiger partial charge < -0.3 is 18.5 Å². The number of alkyl halides is 1. The lowest BCUT2D eigenvalue weighted by Gasteiger charge is -2.20. The monoisotopic (exact) mass is 496 g/mol. The fourth-order valence-electron chi connectivity index (χ4n) is 3.04. The molecule has 0 aliphatic heterocycles. The maximum absolute atomic E-state index is 11.0. The first-order chi connectivity index (χ1) is 13.7. The number of fused-ring (bicyclic) bond motifs is 1. The van der Waals surface area contributed by atoms with Crippen LogP contribution in [0.1, 0.15) is 17.0 Å². The molecule has 0 aliphatic rings. The van der Waals surface area contributed by atoms with Gasteiger partial charge in [-0.1, -0.05) is 58.4 Å². The number of furan rings is 1. The maximum Gasteiger partial charge on any atom is 0.242 e. The van der Waals surface area contributed by atoms with Crippen molar-refractivity contribution < 1.29 is 22.7 Å². The van der Waals surface area contributed by atoms with Gasteiger partial charge in [-0.05, 0) is 36.8 Å². The minimum absolute atomic E-state index is 0.0383. The summed E-state index contributed by atoms with van der Waals surface area (Å²) in [4.78, 5) is -0.334. The van der Waals surface area contributed by atoms with Gasteiger partial charge in [0.15, 0.2) is 17.3 Å². The normalized spacial score (nSPS) is 14.1. The van der Waals surface area contributed by atoms with Crippen LogP contribution in [0.2, 0.25) is 19.6 Å². The molecular formula is C20H23BrNO5SSi-. The van der Waals surface area contributed by atoms with Crippen molar-refractivity contribution in [2.75, 3.05) is 6.54 Å². The summed E-state index contributed by atoms with van der Waals surface area (Å²) < 4.78 is 36.1. The summed E-state index contributed by atoms with van der Waals surface area (Å²) in [5.41, 5.74) is 0.769. The van der Waals surface area contributed by atoms with Crippen LogP contribution in [0.4, 0.5) is 0 Å². The lowest BCUT2D eigenvalue weighted by atomic mass is 10.0. The molecule has 0 amide bonds. The van der Waals surface area contributed by atoms with Gasteiger partial charge in [-0.25, -0.2) is 4.72 Å². The molecule has 0 radical (unpaired) electrons. The smallest absolute Gasteiger partial charge is 0.242 e. The van der Waals surface area contributed by atoms with E-state index in [1.54, 1.807) is 0 Å². The lowest BCUT2D eigenvalue weighted by molar-refractivity contribution is 0.438. The van der Waals surface area contributed by atoms with Crippen LogP contribution in [0.25, 0.3) is 22.1 Å². The fourth-order valence-corrected chi connectivity index (χ4v) is 4.67. The van der Waals surface area contributed by atoms with Gasteiger partial charge in [0, 0.05) is 23.4 Å². The van der Waals surface area contributed by atoms with Crippen molar-refractivity contribution in [2.45, 2.75) is 30.9 Å². The van der Waals surface area contributed by atoms with Gasteiger partial charge in [0.05, 0.1) is 4.83 Å². The highest BCUT2D eigenvalue weighted by molar-refractivity contribution is 9.09. The molecule has 1 heterocycles. The Balaban J connectivity index is 2.07. The zero-order chi connectivity index (χ0) is 21.2. The Morgan fingerprint density at radius 2 is 1.93 bits per heavy atom. The van der Waals surface area contributed by atoms with E-state index in [-0.39, 0.29) is 17.1 Å². The molecule has 2 N–H and O–H groups in total. The minimum atomic E-state index is -2.33. The van der Waals surface area contributed by atoms with Crippen LogP contribution in [0.15, 0.2) is 46.9 Å². The molecule has 9 heteroatoms. The Labute approximate surface area is 181 Å². The van der Waals surface area contributed by atoms with E-state index in [1.165, 1.54) is 0 Å². The van der Waals surface area contributed by atoms with Crippen LogP contribution in [0.5, 0.6) is 11.5 Å². The molecule has 0 aliphatic carbocycles. The van der Waals surface area contributed by atoms with Crippen LogP contribution in [-0.4, -0.2) is 28.7 Å². The molecule has 2 unspecified atom stereocenters. The maximum atomic E-state index is 11.0. The molecule has 0 saturated heterocycles. The van der Waals surface area contributed by atoms with Crippen molar-refractivity contribution in [3.63, 3.8) is 0 Å². The number of halogens is 1. The molecule has 29 heavy (non-hydrogen) atoms. The third-order valence-corrected chi connectivity index (χ3v) is 6.34. The first-order valence-corrected chi connectivity index (χ1v) is 14.6. The number of nitrogens with one attached hydrogen (secondary N) is 1. The highest BCUT2D eigenvalue weighted by atomic mass is 79.9. The van der Waals surface area contributed by atoms with Gasteiger partial charge in [0.25, 0.3) is 0 Å². The van der Waals surface area contributed by atoms with Crippen LogP contribution in [0, 0.1) is 0 Å². The van der Waals surface area contributed by atoms with Crippen LogP contribution in [-0.2, 0) is 11.3 Å². The zero-order valence-corrected chi connectivity index (χ0v) is 19.8. The molecule has 3 rings (SSSR count). The summed E-state index contributed by atoms with van der Waals surface area (Å²) in [5.74, 6) is 1.07. The molecular weight excluding hydrogens is 474 g/mol. The molecule has 3 aromatic rings. The van der Waals surface area contributed by atoms with Gasteiger partial charge in [0.1, 0.15) is 0 Å². The Morgan fingerprint density at radius 1 is 1.24 bits per heavy atom. The SMILES string of the molecule is C[Si](C)(C)Oc1c(C(Br)CCNS(=O)[O-])oc(-c2cccc3ccccc23)c1O. The number of hydrogen-bond donors (Lipinski definition) is 2. The Kier molecular flexibility index (Phi) is 6.85. The van der Waals surface area contributed by atoms with Crippen molar-refractivity contribution >= 4 is 46.3 Å². The Bertz CT molecular complexity index is 1030. The predicted octanol–water partition coefficient (Wildman–Crippen LogP) is 5.23. The van der Waals surface area contributed by atoms with E-state index < -0.39 is 19.6 Å². The van der Waals surface area contributed by atoms with Gasteiger partial charge in [0.2, 0.25) is 14.1 Å². The summed E-state index contributed by atoms with van der Waals surface area (Å²) in [6.07, 6.45) is 0.429. The van der Waals surface area contributed by atoms with Gasteiger partial charge in [-0.2, -0.15) is 0 Å². The van der Waals surface area contributed by atoms with Gasteiger partial charge >= 0.3 is 0 Å². The standard InChI is InChI=1S/C20H24BrNO5SSi/c1-29(2,3)27-20-17(23)18(26-19(20)16(21)11-12-22-28(24)25)15-10-6-8-13-7-4-5-9-14(13)15/h4-10,16,22-23H,11-12H2,1-3H3,(H,24,25)/p-1. The average molecular weight is 497 g/mol. The van der Waals surface area contributed by atoms with E-state index in [0.717, 1.165) is 16.3 Å². The predicted molar refractivity (Wildman–Crippen MR) is 120 cm³/mol. The zero-order valence-electron chi connectivity index (χ0n) is 16.4. The van der Waals surface area contributed by atoms with E-state index >= 15 is 0 Å². The van der Waals surface area contributed by atoms with E-state index in [0.29, 0.717) is 23.7 Å². The van der Waals surface area contributed by atoms with E-state index in [9.17, 15) is 13.9 Å². The Morgan fingerprint density at radius 3 is 2.62 bits per heavy atom. The molecule has 0 fully saturated rings. The summed E-state index contributed by atoms with van der Waals surface area (Å²) in [6.45, 7) is 6.29. The number of aromatic hydroxyl groups is 1. The molecule has 0 saturated carbocycles. The van der Waals surface area contributed by atoms with Crippen LogP contribution in [0.3, 0.4) is 0 Å². The summed E-state index contributed by atoms with van der Waals surface area (Å²) in [7, 11) is -2.05. The van der Waals surface area contributed by atoms with Crippen LogP contribution >= 0.6 is 15.9 Å². The average Bonchev–Trinajstić information content (AvgIpc) is 2.96. The fraction of sp³-hybridized carbons (Fsp3) is 0.300. The van der Waals surface area contributed by atoms with Crippen molar-refractivity contribution in [2.24, 2.45) is 0 Å². The first-order valence-electron chi connectivity index (χ1n) is 9.17. The van der Waals surface area contributed by atoms with Crippen molar-refractivity contribution in [3.8, 4) is 22.8 Å². The van der Waals surface area contributed by atoms with E-state index in [2.05, 4.69) is 20.7 Å². The second-order valence-electron chi connectivity index (χ2n) is 7.60. The highest BCUT2D eigenvalue weighted by Gasteiger charge is 2.31. The summed E-state index contributed by atoms with van der Waals surface area (Å²) >= 11 is 1.22. The largest absolute Gasteiger partial charge is 0.760 e. The summed E-state index contributed by atoms with van der Waals surface area (Å²) in [6, 6.07) is 13.7. The topological polar surface area (TPSA) is 94.8 Å². The summed E-state index contributed by atoms with van der Waals surface area (Å²) in [5, 5.41) is 13.0. The second kappa shape index (κ2) is 9.01. The van der Waals surface area contributed by atoms with E-state index in [1.807, 2.05) is 62.1 Å². The molecule has 1 aromatic heterocycles. The molecule has 6 nitrogen and oxygen atoms in total. The van der Waals surface area contributed by atoms with Gasteiger partial charge in [-0.3, -0.25) is 4.21 Å². The van der Waals surface area contributed by atoms with Crippen molar-refractivity contribution in [1.29, 1.82) is 0 Å². The van der Waals surface area contributed by atoms with Gasteiger partial charge in [-0.15, -0.1) is 0 Å². The van der Waals surface area contributed by atoms with Crippen molar-refractivity contribution in [3.05, 3.63) is 48.2 Å². The third-order valence-electron chi connectivity index (χ3n) is 4.21.